The second-order valence-electron chi connectivity index (χ2n) is 5.11. The molecule has 22 heavy (non-hydrogen) atoms. The summed E-state index contributed by atoms with van der Waals surface area (Å²) in [5.74, 6) is -1.56. The molecule has 0 bridgehead atoms. The maximum atomic E-state index is 12.0. The summed E-state index contributed by atoms with van der Waals surface area (Å²) in [7, 11) is 0. The van der Waals surface area contributed by atoms with E-state index in [2.05, 4.69) is 10.3 Å². The number of hydrogen-bond donors (Lipinski definition) is 2. The van der Waals surface area contributed by atoms with Gasteiger partial charge in [0, 0.05) is 12.2 Å². The van der Waals surface area contributed by atoms with Gasteiger partial charge in [-0.05, 0) is 40.2 Å². The summed E-state index contributed by atoms with van der Waals surface area (Å²) in [5, 5.41) is 2.52. The topological polar surface area (TPSA) is 97.5 Å². The Morgan fingerprint density at radius 1 is 1.18 bits per heavy atom. The third kappa shape index (κ3) is 4.34. The minimum atomic E-state index is -0.685. The maximum Gasteiger partial charge on any atom is 0.355 e. The Kier molecular flexibility index (Phi) is 6.15. The Balaban J connectivity index is 2.87. The molecule has 0 spiro atoms. The van der Waals surface area contributed by atoms with E-state index in [-0.39, 0.29) is 24.3 Å². The first kappa shape index (κ1) is 17.7. The fourth-order valence-electron chi connectivity index (χ4n) is 1.98. The van der Waals surface area contributed by atoms with Gasteiger partial charge in [0.1, 0.15) is 5.69 Å². The van der Waals surface area contributed by atoms with Crippen LogP contribution < -0.4 is 5.32 Å². The van der Waals surface area contributed by atoms with E-state index < -0.39 is 11.9 Å². The lowest BCUT2D eigenvalue weighted by atomic mass is 10.1. The van der Waals surface area contributed by atoms with E-state index in [9.17, 15) is 14.4 Å². The van der Waals surface area contributed by atoms with Gasteiger partial charge in [-0.2, -0.15) is 0 Å². The molecule has 0 aromatic carbocycles. The minimum Gasteiger partial charge on any atom is -0.459 e. The van der Waals surface area contributed by atoms with Crippen LogP contribution in [0.5, 0.6) is 0 Å². The Morgan fingerprint density at radius 3 is 2.36 bits per heavy atom. The highest BCUT2D eigenvalue weighted by molar-refractivity contribution is 5.99. The number of esters is 2. The van der Waals surface area contributed by atoms with Crippen molar-refractivity contribution in [1.82, 2.24) is 10.3 Å². The number of amides is 1. The van der Waals surface area contributed by atoms with Crippen molar-refractivity contribution in [2.45, 2.75) is 40.7 Å². The van der Waals surface area contributed by atoms with Crippen LogP contribution in [-0.2, 0) is 14.3 Å². The number of ether oxygens (including phenoxy) is 2. The second kappa shape index (κ2) is 7.63. The molecule has 1 rings (SSSR count). The van der Waals surface area contributed by atoms with Crippen LogP contribution in [0.3, 0.4) is 0 Å². The van der Waals surface area contributed by atoms with Gasteiger partial charge in [0.2, 0.25) is 0 Å². The lowest BCUT2D eigenvalue weighted by Crippen LogP contribution is -2.28. The van der Waals surface area contributed by atoms with Gasteiger partial charge in [0.05, 0.1) is 11.7 Å². The van der Waals surface area contributed by atoms with Crippen LogP contribution in [0.2, 0.25) is 0 Å². The van der Waals surface area contributed by atoms with Gasteiger partial charge in [0.15, 0.2) is 6.61 Å². The van der Waals surface area contributed by atoms with Crippen molar-refractivity contribution in [3.8, 4) is 0 Å². The third-order valence-electron chi connectivity index (χ3n) is 2.90. The molecule has 1 aromatic rings. The fraction of sp³-hybridized carbons (Fsp3) is 0.533. The number of aryl methyl sites for hydroxylation is 1. The number of nitrogens with one attached hydrogen (secondary N) is 2. The molecule has 1 amide bonds. The van der Waals surface area contributed by atoms with Gasteiger partial charge in [-0.25, -0.2) is 9.59 Å². The van der Waals surface area contributed by atoms with E-state index in [1.807, 2.05) is 0 Å². The highest BCUT2D eigenvalue weighted by atomic mass is 16.5. The fourth-order valence-corrected chi connectivity index (χ4v) is 1.98. The molecule has 0 saturated carbocycles. The average molecular weight is 310 g/mol. The van der Waals surface area contributed by atoms with Gasteiger partial charge >= 0.3 is 11.9 Å². The number of H-pyrrole nitrogens is 1. The molecule has 1 heterocycles. The Bertz CT molecular complexity index is 575. The van der Waals surface area contributed by atoms with Crippen LogP contribution in [0.4, 0.5) is 0 Å². The summed E-state index contributed by atoms with van der Waals surface area (Å²) in [4.78, 5) is 38.1. The molecule has 1 aromatic heterocycles. The van der Waals surface area contributed by atoms with E-state index in [1.165, 1.54) is 0 Å². The highest BCUT2D eigenvalue weighted by Crippen LogP contribution is 2.20. The molecule has 0 aliphatic rings. The SMILES string of the molecule is CCNC(=O)COC(=O)c1[nH]c(C)c(C(=O)OC(C)C)c1C. The molecule has 0 atom stereocenters. The number of likely N-dealkylation sites (N-methyl/N-ethyl adjacent to an activating group) is 1. The van der Waals surface area contributed by atoms with E-state index in [4.69, 9.17) is 9.47 Å². The molecule has 0 saturated heterocycles. The summed E-state index contributed by atoms with van der Waals surface area (Å²) in [5.41, 5.74) is 1.44. The van der Waals surface area contributed by atoms with Crippen LogP contribution in [-0.4, -0.2) is 42.1 Å². The lowest BCUT2D eigenvalue weighted by molar-refractivity contribution is -0.124. The first-order valence-corrected chi connectivity index (χ1v) is 7.11. The average Bonchev–Trinajstić information content (AvgIpc) is 2.71. The molecule has 0 fully saturated rings. The zero-order valence-corrected chi connectivity index (χ0v) is 13.5. The first-order chi connectivity index (χ1) is 10.3. The second-order valence-corrected chi connectivity index (χ2v) is 5.11. The largest absolute Gasteiger partial charge is 0.459 e. The van der Waals surface area contributed by atoms with Crippen molar-refractivity contribution in [2.75, 3.05) is 13.2 Å². The molecule has 2 N–H and O–H groups in total. The Hall–Kier alpha value is -2.31. The van der Waals surface area contributed by atoms with Crippen LogP contribution >= 0.6 is 0 Å². The predicted octanol–water partition coefficient (Wildman–Crippen LogP) is 1.49. The monoisotopic (exact) mass is 310 g/mol. The molecule has 122 valence electrons. The van der Waals surface area contributed by atoms with E-state index >= 15 is 0 Å². The smallest absolute Gasteiger partial charge is 0.355 e. The number of rotatable bonds is 6. The summed E-state index contributed by atoms with van der Waals surface area (Å²) in [6, 6.07) is 0. The number of carbonyl (C=O) groups is 3. The zero-order valence-electron chi connectivity index (χ0n) is 13.5. The molecule has 7 nitrogen and oxygen atoms in total. The van der Waals surface area contributed by atoms with Crippen LogP contribution in [0, 0.1) is 13.8 Å². The van der Waals surface area contributed by atoms with Crippen molar-refractivity contribution in [3.05, 3.63) is 22.5 Å². The summed E-state index contributed by atoms with van der Waals surface area (Å²) < 4.78 is 10.1. The number of aromatic nitrogens is 1. The third-order valence-corrected chi connectivity index (χ3v) is 2.90. The van der Waals surface area contributed by atoms with Gasteiger partial charge in [0.25, 0.3) is 5.91 Å². The first-order valence-electron chi connectivity index (χ1n) is 7.11. The molecule has 0 aliphatic heterocycles. The summed E-state index contributed by atoms with van der Waals surface area (Å²) in [6.07, 6.45) is -0.255. The predicted molar refractivity (Wildman–Crippen MR) is 79.8 cm³/mol. The van der Waals surface area contributed by atoms with Gasteiger partial charge in [-0.15, -0.1) is 0 Å². The van der Waals surface area contributed by atoms with Crippen molar-refractivity contribution in [1.29, 1.82) is 0 Å². The van der Waals surface area contributed by atoms with E-state index in [1.54, 1.807) is 34.6 Å². The van der Waals surface area contributed by atoms with Gasteiger partial charge in [-0.1, -0.05) is 0 Å². The normalized spacial score (nSPS) is 10.5. The Labute approximate surface area is 129 Å². The molecule has 0 radical (unpaired) electrons. The number of carbonyl (C=O) groups excluding carboxylic acids is 3. The summed E-state index contributed by atoms with van der Waals surface area (Å²) in [6.45, 7) is 8.66. The van der Waals surface area contributed by atoms with Crippen molar-refractivity contribution in [3.63, 3.8) is 0 Å². The molecular formula is C15H22N2O5. The quantitative estimate of drug-likeness (QED) is 0.776. The zero-order chi connectivity index (χ0) is 16.9. The van der Waals surface area contributed by atoms with Crippen LogP contribution in [0.1, 0.15) is 52.9 Å². The molecule has 0 unspecified atom stereocenters. The van der Waals surface area contributed by atoms with Crippen LogP contribution in [0.25, 0.3) is 0 Å². The molecule has 7 heteroatoms. The Morgan fingerprint density at radius 2 is 1.82 bits per heavy atom. The van der Waals surface area contributed by atoms with Crippen molar-refractivity contribution >= 4 is 17.8 Å². The number of hydrogen-bond acceptors (Lipinski definition) is 5. The molecule has 0 aliphatic carbocycles. The molecular weight excluding hydrogens is 288 g/mol. The van der Waals surface area contributed by atoms with Crippen LogP contribution in [0.15, 0.2) is 0 Å². The highest BCUT2D eigenvalue weighted by Gasteiger charge is 2.24. The lowest BCUT2D eigenvalue weighted by Gasteiger charge is -2.08. The van der Waals surface area contributed by atoms with Gasteiger partial charge in [-0.3, -0.25) is 4.79 Å². The summed E-state index contributed by atoms with van der Waals surface area (Å²) >= 11 is 0. The van der Waals surface area contributed by atoms with Gasteiger partial charge < -0.3 is 19.8 Å². The number of aromatic amines is 1. The standard InChI is InChI=1S/C15H22N2O5/c1-6-16-11(18)7-21-15(20)13-9(4)12(10(5)17-13)14(19)22-8(2)3/h8,17H,6-7H2,1-5H3,(H,16,18). The van der Waals surface area contributed by atoms with Crippen molar-refractivity contribution in [2.24, 2.45) is 0 Å². The minimum absolute atomic E-state index is 0.150. The van der Waals surface area contributed by atoms with E-state index in [0.717, 1.165) is 0 Å². The maximum absolute atomic E-state index is 12.0. The van der Waals surface area contributed by atoms with E-state index in [0.29, 0.717) is 23.4 Å². The van der Waals surface area contributed by atoms with Crippen molar-refractivity contribution < 1.29 is 23.9 Å².